The number of nitrogens with one attached hydrogen (secondary N) is 1. The van der Waals surface area contributed by atoms with Crippen LogP contribution in [0.25, 0.3) is 21.5 Å². The standard InChI is InChI=1S/C20H15N3O3S/c1-25-19(24)14-8-6-13(7-9-14)17-11-10-15(26-17)12-21-23-20-22-16-4-2-3-5-18(16)27-20/h2-12H,1H3,(H,22,23)/b21-12-. The van der Waals surface area contributed by atoms with Crippen LogP contribution in [-0.4, -0.2) is 24.3 Å². The fraction of sp³-hybridized carbons (Fsp3) is 0.0500. The molecule has 0 aliphatic carbocycles. The van der Waals surface area contributed by atoms with Crippen LogP contribution in [0.2, 0.25) is 0 Å². The van der Waals surface area contributed by atoms with Gasteiger partial charge in [-0.3, -0.25) is 5.43 Å². The van der Waals surface area contributed by atoms with Crippen molar-refractivity contribution in [1.29, 1.82) is 0 Å². The summed E-state index contributed by atoms with van der Waals surface area (Å²) in [7, 11) is 1.36. The van der Waals surface area contributed by atoms with Crippen molar-refractivity contribution in [2.24, 2.45) is 5.10 Å². The molecule has 134 valence electrons. The molecular weight excluding hydrogens is 362 g/mol. The van der Waals surface area contributed by atoms with Gasteiger partial charge in [-0.25, -0.2) is 9.78 Å². The molecule has 0 saturated heterocycles. The van der Waals surface area contributed by atoms with E-state index < -0.39 is 0 Å². The third-order valence-electron chi connectivity index (χ3n) is 3.86. The Bertz CT molecular complexity index is 1080. The van der Waals surface area contributed by atoms with E-state index in [2.05, 4.69) is 15.5 Å². The number of para-hydroxylation sites is 1. The van der Waals surface area contributed by atoms with E-state index in [1.54, 1.807) is 18.3 Å². The molecule has 0 bridgehead atoms. The molecular formula is C20H15N3O3S. The van der Waals surface area contributed by atoms with E-state index >= 15 is 0 Å². The Balaban J connectivity index is 1.44. The summed E-state index contributed by atoms with van der Waals surface area (Å²) in [5.41, 5.74) is 5.22. The third-order valence-corrected chi connectivity index (χ3v) is 4.80. The molecule has 4 aromatic rings. The number of aromatic nitrogens is 1. The second-order valence-corrected chi connectivity index (χ2v) is 6.66. The number of esters is 1. The van der Waals surface area contributed by atoms with Crippen LogP contribution in [0.4, 0.5) is 5.13 Å². The SMILES string of the molecule is COC(=O)c1ccc(-c2ccc(/C=N\Nc3nc4ccccc4s3)o2)cc1. The zero-order valence-corrected chi connectivity index (χ0v) is 15.2. The number of carbonyl (C=O) groups excluding carboxylic acids is 1. The van der Waals surface area contributed by atoms with Gasteiger partial charge in [-0.05, 0) is 36.4 Å². The van der Waals surface area contributed by atoms with Crippen molar-refractivity contribution >= 4 is 38.9 Å². The fourth-order valence-corrected chi connectivity index (χ4v) is 3.35. The number of methoxy groups -OCH3 is 1. The molecule has 1 N–H and O–H groups in total. The van der Waals surface area contributed by atoms with Crippen LogP contribution in [0.1, 0.15) is 16.1 Å². The lowest BCUT2D eigenvalue weighted by Crippen LogP contribution is -2.00. The number of anilines is 1. The number of hydrazone groups is 1. The van der Waals surface area contributed by atoms with Crippen LogP contribution in [0.3, 0.4) is 0 Å². The number of fused-ring (bicyclic) bond motifs is 1. The summed E-state index contributed by atoms with van der Waals surface area (Å²) in [6, 6.07) is 18.6. The Kier molecular flexibility index (Phi) is 4.67. The smallest absolute Gasteiger partial charge is 0.337 e. The zero-order valence-electron chi connectivity index (χ0n) is 14.4. The van der Waals surface area contributed by atoms with E-state index in [0.717, 1.165) is 20.9 Å². The molecule has 27 heavy (non-hydrogen) atoms. The first-order chi connectivity index (χ1) is 13.2. The highest BCUT2D eigenvalue weighted by Gasteiger charge is 2.08. The van der Waals surface area contributed by atoms with E-state index in [4.69, 9.17) is 9.15 Å². The van der Waals surface area contributed by atoms with Crippen LogP contribution in [-0.2, 0) is 4.74 Å². The molecule has 7 heteroatoms. The van der Waals surface area contributed by atoms with Gasteiger partial charge in [0.25, 0.3) is 0 Å². The largest absolute Gasteiger partial charge is 0.465 e. The molecule has 0 spiro atoms. The lowest BCUT2D eigenvalue weighted by molar-refractivity contribution is 0.0600. The molecule has 0 fully saturated rings. The summed E-state index contributed by atoms with van der Waals surface area (Å²) in [5.74, 6) is 0.929. The molecule has 0 aliphatic rings. The van der Waals surface area contributed by atoms with Gasteiger partial charge in [0.1, 0.15) is 11.5 Å². The lowest BCUT2D eigenvalue weighted by atomic mass is 10.1. The summed E-state index contributed by atoms with van der Waals surface area (Å²) in [5, 5.41) is 4.90. The number of carbonyl (C=O) groups is 1. The minimum absolute atomic E-state index is 0.366. The maximum Gasteiger partial charge on any atom is 0.337 e. The molecule has 0 saturated carbocycles. The van der Waals surface area contributed by atoms with Gasteiger partial charge in [0.2, 0.25) is 5.13 Å². The van der Waals surface area contributed by atoms with Gasteiger partial charge in [0.15, 0.2) is 0 Å². The van der Waals surface area contributed by atoms with Gasteiger partial charge in [-0.15, -0.1) is 0 Å². The molecule has 2 aromatic carbocycles. The van der Waals surface area contributed by atoms with E-state index in [1.807, 2.05) is 48.5 Å². The van der Waals surface area contributed by atoms with Gasteiger partial charge in [-0.2, -0.15) is 5.10 Å². The number of furan rings is 1. The van der Waals surface area contributed by atoms with Crippen molar-refractivity contribution in [3.63, 3.8) is 0 Å². The maximum atomic E-state index is 11.5. The Morgan fingerprint density at radius 1 is 1.15 bits per heavy atom. The number of benzene rings is 2. The van der Waals surface area contributed by atoms with Crippen LogP contribution < -0.4 is 5.43 Å². The number of hydrogen-bond donors (Lipinski definition) is 1. The number of ether oxygens (including phenoxy) is 1. The summed E-state index contributed by atoms with van der Waals surface area (Å²) in [4.78, 5) is 15.9. The monoisotopic (exact) mass is 377 g/mol. The summed E-state index contributed by atoms with van der Waals surface area (Å²) in [6.07, 6.45) is 1.60. The fourth-order valence-electron chi connectivity index (χ4n) is 2.54. The lowest BCUT2D eigenvalue weighted by Gasteiger charge is -2.00. The molecule has 6 nitrogen and oxygen atoms in total. The molecule has 0 amide bonds. The van der Waals surface area contributed by atoms with Crippen molar-refractivity contribution in [2.75, 3.05) is 12.5 Å². The van der Waals surface area contributed by atoms with E-state index in [0.29, 0.717) is 17.1 Å². The first kappa shape index (κ1) is 17.0. The number of rotatable bonds is 5. The number of hydrogen-bond acceptors (Lipinski definition) is 7. The maximum absolute atomic E-state index is 11.5. The quantitative estimate of drug-likeness (QED) is 0.307. The van der Waals surface area contributed by atoms with E-state index in [-0.39, 0.29) is 5.97 Å². The van der Waals surface area contributed by atoms with Crippen molar-refractivity contribution in [3.8, 4) is 11.3 Å². The minimum atomic E-state index is -0.366. The van der Waals surface area contributed by atoms with Gasteiger partial charge in [0, 0.05) is 5.56 Å². The highest BCUT2D eigenvalue weighted by Crippen LogP contribution is 2.25. The Labute approximate surface area is 159 Å². The highest BCUT2D eigenvalue weighted by atomic mass is 32.1. The van der Waals surface area contributed by atoms with Crippen molar-refractivity contribution in [2.45, 2.75) is 0 Å². The summed E-state index contributed by atoms with van der Waals surface area (Å²) in [6.45, 7) is 0. The van der Waals surface area contributed by atoms with Gasteiger partial charge in [-0.1, -0.05) is 35.6 Å². The van der Waals surface area contributed by atoms with Gasteiger partial charge < -0.3 is 9.15 Å². The molecule has 0 atom stereocenters. The average molecular weight is 377 g/mol. The molecule has 0 radical (unpaired) electrons. The molecule has 0 aliphatic heterocycles. The first-order valence-electron chi connectivity index (χ1n) is 8.16. The second kappa shape index (κ2) is 7.43. The van der Waals surface area contributed by atoms with E-state index in [1.165, 1.54) is 18.4 Å². The first-order valence-corrected chi connectivity index (χ1v) is 8.98. The van der Waals surface area contributed by atoms with E-state index in [9.17, 15) is 4.79 Å². The van der Waals surface area contributed by atoms with Crippen LogP contribution in [0.15, 0.2) is 70.2 Å². The van der Waals surface area contributed by atoms with Crippen LogP contribution >= 0.6 is 11.3 Å². The normalized spacial score (nSPS) is 11.1. The molecule has 2 heterocycles. The second-order valence-electron chi connectivity index (χ2n) is 5.63. The third kappa shape index (κ3) is 3.73. The molecule has 0 unspecified atom stereocenters. The summed E-state index contributed by atoms with van der Waals surface area (Å²) < 4.78 is 11.6. The van der Waals surface area contributed by atoms with Crippen molar-refractivity contribution < 1.29 is 13.9 Å². The average Bonchev–Trinajstić information content (AvgIpc) is 3.34. The highest BCUT2D eigenvalue weighted by molar-refractivity contribution is 7.22. The number of thiazole rings is 1. The predicted octanol–water partition coefficient (Wildman–Crippen LogP) is 4.79. The number of nitrogens with zero attached hydrogens (tertiary/aromatic N) is 2. The molecule has 2 aromatic heterocycles. The topological polar surface area (TPSA) is 76.7 Å². The van der Waals surface area contributed by atoms with Crippen molar-refractivity contribution in [3.05, 3.63) is 72.0 Å². The van der Waals surface area contributed by atoms with Gasteiger partial charge in [0.05, 0.1) is 29.1 Å². The zero-order chi connectivity index (χ0) is 18.6. The minimum Gasteiger partial charge on any atom is -0.465 e. The van der Waals surface area contributed by atoms with Crippen LogP contribution in [0, 0.1) is 0 Å². The van der Waals surface area contributed by atoms with Crippen LogP contribution in [0.5, 0.6) is 0 Å². The van der Waals surface area contributed by atoms with Crippen molar-refractivity contribution in [1.82, 2.24) is 4.98 Å². The Hall–Kier alpha value is -3.45. The Morgan fingerprint density at radius 2 is 1.96 bits per heavy atom. The Morgan fingerprint density at radius 3 is 2.74 bits per heavy atom. The molecule has 4 rings (SSSR count). The van der Waals surface area contributed by atoms with Gasteiger partial charge >= 0.3 is 5.97 Å². The summed E-state index contributed by atoms with van der Waals surface area (Å²) >= 11 is 1.54. The predicted molar refractivity (Wildman–Crippen MR) is 106 cm³/mol.